The molecule has 0 spiro atoms. The average molecular weight is 341 g/mol. The summed E-state index contributed by atoms with van der Waals surface area (Å²) in [7, 11) is -4.17. The van der Waals surface area contributed by atoms with Crippen LogP contribution in [-0.4, -0.2) is 15.0 Å². The van der Waals surface area contributed by atoms with Crippen LogP contribution < -0.4 is 4.72 Å². The molecule has 4 bridgehead atoms. The van der Waals surface area contributed by atoms with Gasteiger partial charge in [0, 0.05) is 6.54 Å². The van der Waals surface area contributed by atoms with E-state index in [2.05, 4.69) is 4.72 Å². The number of hydrogen-bond acceptors (Lipinski definition) is 2. The van der Waals surface area contributed by atoms with E-state index in [0.29, 0.717) is 24.3 Å². The molecule has 4 aliphatic carbocycles. The van der Waals surface area contributed by atoms with Gasteiger partial charge in [-0.15, -0.1) is 0 Å². The maximum absolute atomic E-state index is 13.8. The first kappa shape index (κ1) is 15.5. The Balaban J connectivity index is 1.55. The van der Waals surface area contributed by atoms with Crippen molar-refractivity contribution in [3.63, 3.8) is 0 Å². The second-order valence-electron chi connectivity index (χ2n) is 7.79. The molecule has 1 N–H and O–H groups in total. The predicted molar refractivity (Wildman–Crippen MR) is 82.2 cm³/mol. The van der Waals surface area contributed by atoms with Crippen molar-refractivity contribution < 1.29 is 17.2 Å². The Labute approximate surface area is 135 Å². The molecule has 0 aromatic heterocycles. The third kappa shape index (κ3) is 2.70. The molecule has 1 aromatic rings. The zero-order valence-electron chi connectivity index (χ0n) is 12.9. The maximum atomic E-state index is 13.8. The van der Waals surface area contributed by atoms with Crippen LogP contribution in [0.1, 0.15) is 38.5 Å². The standard InChI is InChI=1S/C17H21F2NO2S/c18-14-2-1-3-15(19)16(14)23(21,22)20-10-17-7-11-4-12(8-17)6-13(5-11)9-17/h1-3,11-13,20H,4-10H2. The van der Waals surface area contributed by atoms with Gasteiger partial charge in [0.15, 0.2) is 4.90 Å². The quantitative estimate of drug-likeness (QED) is 0.912. The molecule has 4 saturated carbocycles. The van der Waals surface area contributed by atoms with E-state index in [1.54, 1.807) is 0 Å². The van der Waals surface area contributed by atoms with Crippen LogP contribution in [0.15, 0.2) is 23.1 Å². The molecule has 5 rings (SSSR count). The molecule has 6 heteroatoms. The molecular weight excluding hydrogens is 320 g/mol. The zero-order chi connectivity index (χ0) is 16.2. The van der Waals surface area contributed by atoms with Gasteiger partial charge in [0.1, 0.15) is 11.6 Å². The highest BCUT2D eigenvalue weighted by atomic mass is 32.2. The molecule has 23 heavy (non-hydrogen) atoms. The number of halogens is 2. The summed E-state index contributed by atoms with van der Waals surface area (Å²) in [5.41, 5.74) is -0.0104. The smallest absolute Gasteiger partial charge is 0.210 e. The van der Waals surface area contributed by atoms with Crippen molar-refractivity contribution >= 4 is 10.0 Å². The molecule has 3 nitrogen and oxygen atoms in total. The highest BCUT2D eigenvalue weighted by Gasteiger charge is 2.51. The molecule has 0 saturated heterocycles. The Bertz CT molecular complexity index is 677. The van der Waals surface area contributed by atoms with Gasteiger partial charge < -0.3 is 0 Å². The lowest BCUT2D eigenvalue weighted by Crippen LogP contribution is -2.51. The summed E-state index contributed by atoms with van der Waals surface area (Å²) in [5, 5.41) is 0. The van der Waals surface area contributed by atoms with Crippen molar-refractivity contribution in [2.75, 3.05) is 6.54 Å². The van der Waals surface area contributed by atoms with Crippen molar-refractivity contribution in [1.82, 2.24) is 4.72 Å². The molecule has 0 aliphatic heterocycles. The Hall–Kier alpha value is -1.01. The number of rotatable bonds is 4. The molecule has 0 amide bonds. The average Bonchev–Trinajstić information content (AvgIpc) is 2.43. The fourth-order valence-electron chi connectivity index (χ4n) is 5.57. The van der Waals surface area contributed by atoms with E-state index in [-0.39, 0.29) is 5.41 Å². The SMILES string of the molecule is O=S(=O)(NCC12CC3CC(CC(C3)C1)C2)c1c(F)cccc1F. The second-order valence-corrected chi connectivity index (χ2v) is 9.50. The van der Waals surface area contributed by atoms with Gasteiger partial charge in [-0.25, -0.2) is 21.9 Å². The van der Waals surface area contributed by atoms with E-state index in [1.807, 2.05) is 0 Å². The molecule has 1 aromatic carbocycles. The van der Waals surface area contributed by atoms with Crippen molar-refractivity contribution in [2.24, 2.45) is 23.2 Å². The van der Waals surface area contributed by atoms with Crippen molar-refractivity contribution in [3.05, 3.63) is 29.8 Å². The van der Waals surface area contributed by atoms with Gasteiger partial charge in [-0.2, -0.15) is 0 Å². The molecule has 0 unspecified atom stereocenters. The van der Waals surface area contributed by atoms with Crippen molar-refractivity contribution in [3.8, 4) is 0 Å². The van der Waals surface area contributed by atoms with Gasteiger partial charge in [-0.3, -0.25) is 0 Å². The number of nitrogens with one attached hydrogen (secondary N) is 1. The third-order valence-electron chi connectivity index (χ3n) is 5.99. The highest BCUT2D eigenvalue weighted by molar-refractivity contribution is 7.89. The zero-order valence-corrected chi connectivity index (χ0v) is 13.7. The van der Waals surface area contributed by atoms with Crippen LogP contribution in [0.3, 0.4) is 0 Å². The van der Waals surface area contributed by atoms with Crippen LogP contribution in [0.2, 0.25) is 0 Å². The van der Waals surface area contributed by atoms with Crippen LogP contribution in [0, 0.1) is 34.8 Å². The molecule has 0 heterocycles. The number of benzene rings is 1. The normalized spacial score (nSPS) is 35.7. The minimum Gasteiger partial charge on any atom is -0.210 e. The van der Waals surface area contributed by atoms with Gasteiger partial charge in [0.2, 0.25) is 10.0 Å². The molecule has 126 valence electrons. The van der Waals surface area contributed by atoms with Crippen LogP contribution in [0.25, 0.3) is 0 Å². The molecule has 0 atom stereocenters. The van der Waals surface area contributed by atoms with Crippen LogP contribution in [0.5, 0.6) is 0 Å². The number of hydrogen-bond donors (Lipinski definition) is 1. The summed E-state index contributed by atoms with van der Waals surface area (Å²) in [6.07, 6.45) is 6.94. The van der Waals surface area contributed by atoms with Gasteiger partial charge in [0.05, 0.1) is 0 Å². The highest BCUT2D eigenvalue weighted by Crippen LogP contribution is 2.59. The van der Waals surface area contributed by atoms with Crippen LogP contribution >= 0.6 is 0 Å². The fourth-order valence-corrected chi connectivity index (χ4v) is 6.86. The first-order valence-electron chi connectivity index (χ1n) is 8.31. The van der Waals surface area contributed by atoms with E-state index >= 15 is 0 Å². The monoisotopic (exact) mass is 341 g/mol. The minimum absolute atomic E-state index is 0.0104. The Morgan fingerprint density at radius 1 is 1.00 bits per heavy atom. The van der Waals surface area contributed by atoms with Gasteiger partial charge in [-0.1, -0.05) is 6.07 Å². The first-order chi connectivity index (χ1) is 10.9. The van der Waals surface area contributed by atoms with E-state index in [1.165, 1.54) is 25.3 Å². The van der Waals surface area contributed by atoms with Crippen LogP contribution in [-0.2, 0) is 10.0 Å². The second kappa shape index (κ2) is 5.24. The summed E-state index contributed by atoms with van der Waals surface area (Å²) in [6, 6.07) is 3.12. The van der Waals surface area contributed by atoms with E-state index in [4.69, 9.17) is 0 Å². The topological polar surface area (TPSA) is 46.2 Å². The summed E-state index contributed by atoms with van der Waals surface area (Å²) in [6.45, 7) is 0.298. The van der Waals surface area contributed by atoms with Crippen molar-refractivity contribution in [1.29, 1.82) is 0 Å². The summed E-state index contributed by atoms with van der Waals surface area (Å²) < 4.78 is 54.8. The summed E-state index contributed by atoms with van der Waals surface area (Å²) >= 11 is 0. The van der Waals surface area contributed by atoms with E-state index < -0.39 is 26.6 Å². The molecule has 0 radical (unpaired) electrons. The molecule has 4 aliphatic rings. The maximum Gasteiger partial charge on any atom is 0.246 e. The van der Waals surface area contributed by atoms with E-state index in [9.17, 15) is 17.2 Å². The largest absolute Gasteiger partial charge is 0.246 e. The summed E-state index contributed by atoms with van der Waals surface area (Å²) in [5.74, 6) is 0.0360. The van der Waals surface area contributed by atoms with Crippen molar-refractivity contribution in [2.45, 2.75) is 43.4 Å². The Kier molecular flexibility index (Phi) is 3.54. The Morgan fingerprint density at radius 2 is 1.48 bits per heavy atom. The molecular formula is C17H21F2NO2S. The lowest BCUT2D eigenvalue weighted by atomic mass is 9.50. The molecule has 4 fully saturated rings. The van der Waals surface area contributed by atoms with Gasteiger partial charge >= 0.3 is 0 Å². The van der Waals surface area contributed by atoms with Gasteiger partial charge in [0.25, 0.3) is 0 Å². The minimum atomic E-state index is -4.17. The lowest BCUT2D eigenvalue weighted by Gasteiger charge is -2.56. The number of sulfonamides is 1. The first-order valence-corrected chi connectivity index (χ1v) is 9.79. The predicted octanol–water partition coefficient (Wildman–Crippen LogP) is 3.46. The van der Waals surface area contributed by atoms with Gasteiger partial charge in [-0.05, 0) is 73.8 Å². The third-order valence-corrected chi connectivity index (χ3v) is 7.44. The van der Waals surface area contributed by atoms with Crippen LogP contribution in [0.4, 0.5) is 8.78 Å². The lowest BCUT2D eigenvalue weighted by molar-refractivity contribution is -0.0487. The summed E-state index contributed by atoms with van der Waals surface area (Å²) in [4.78, 5) is -0.857. The fraction of sp³-hybridized carbons (Fsp3) is 0.647. The Morgan fingerprint density at radius 3 is 1.96 bits per heavy atom. The van der Waals surface area contributed by atoms with E-state index in [0.717, 1.165) is 31.4 Å².